The average Bonchev–Trinajstić information content (AvgIpc) is 3.11. The summed E-state index contributed by atoms with van der Waals surface area (Å²) in [7, 11) is 0. The topological polar surface area (TPSA) is 102 Å². The van der Waals surface area contributed by atoms with E-state index < -0.39 is 0 Å². The maximum Gasteiger partial charge on any atom is 0.252 e. The van der Waals surface area contributed by atoms with E-state index in [1.54, 1.807) is 10.7 Å². The molecular formula is C26H25N5O3S. The number of phenols is 1. The summed E-state index contributed by atoms with van der Waals surface area (Å²) in [5.74, 6) is 1.54. The van der Waals surface area contributed by atoms with Crippen LogP contribution < -0.4 is 10.1 Å². The summed E-state index contributed by atoms with van der Waals surface area (Å²) in [5.41, 5.74) is 5.01. The minimum Gasteiger partial charge on any atom is -0.504 e. The number of hydrogen-bond donors (Lipinski definition) is 2. The van der Waals surface area contributed by atoms with Gasteiger partial charge in [-0.3, -0.25) is 4.79 Å². The molecule has 35 heavy (non-hydrogen) atoms. The molecule has 0 aliphatic carbocycles. The van der Waals surface area contributed by atoms with Crippen molar-refractivity contribution < 1.29 is 14.6 Å². The average molecular weight is 488 g/mol. The Hall–Kier alpha value is -3.85. The van der Waals surface area contributed by atoms with Crippen LogP contribution >= 0.6 is 11.8 Å². The number of amides is 1. The molecule has 3 heterocycles. The molecule has 1 aliphatic rings. The van der Waals surface area contributed by atoms with Crippen LogP contribution in [0.5, 0.6) is 11.5 Å². The summed E-state index contributed by atoms with van der Waals surface area (Å²) in [6.07, 6.45) is 0. The first-order valence-corrected chi connectivity index (χ1v) is 12.4. The van der Waals surface area contributed by atoms with Gasteiger partial charge in [0.05, 0.1) is 23.3 Å². The van der Waals surface area contributed by atoms with Crippen molar-refractivity contribution in [3.8, 4) is 28.7 Å². The lowest BCUT2D eigenvalue weighted by Gasteiger charge is -2.18. The van der Waals surface area contributed by atoms with Crippen LogP contribution in [0.25, 0.3) is 17.2 Å². The van der Waals surface area contributed by atoms with Crippen LogP contribution in [0, 0.1) is 13.8 Å². The fourth-order valence-corrected chi connectivity index (χ4v) is 5.31. The number of aromatic hydroxyl groups is 1. The molecule has 2 aromatic carbocycles. The molecule has 2 aromatic heterocycles. The van der Waals surface area contributed by atoms with Gasteiger partial charge < -0.3 is 15.2 Å². The van der Waals surface area contributed by atoms with E-state index in [2.05, 4.69) is 15.3 Å². The zero-order chi connectivity index (χ0) is 24.5. The van der Waals surface area contributed by atoms with Gasteiger partial charge in [0.2, 0.25) is 5.91 Å². The van der Waals surface area contributed by atoms with Gasteiger partial charge in [-0.1, -0.05) is 36.4 Å². The molecule has 5 rings (SSSR count). The highest BCUT2D eigenvalue weighted by atomic mass is 32.2. The van der Waals surface area contributed by atoms with Crippen LogP contribution in [0.15, 0.2) is 54.6 Å². The maximum atomic E-state index is 12.8. The van der Waals surface area contributed by atoms with Crippen LogP contribution in [0.2, 0.25) is 0 Å². The van der Waals surface area contributed by atoms with Gasteiger partial charge in [-0.2, -0.15) is 9.78 Å². The number of thioether (sulfide) groups is 1. The Labute approximate surface area is 207 Å². The smallest absolute Gasteiger partial charge is 0.252 e. The van der Waals surface area contributed by atoms with Gasteiger partial charge in [0, 0.05) is 22.5 Å². The third-order valence-corrected chi connectivity index (χ3v) is 6.89. The predicted octanol–water partition coefficient (Wildman–Crippen LogP) is 4.83. The molecule has 1 aliphatic heterocycles. The van der Waals surface area contributed by atoms with Crippen molar-refractivity contribution in [2.75, 3.05) is 17.7 Å². The molecule has 0 saturated carbocycles. The second-order valence-electron chi connectivity index (χ2n) is 8.24. The lowest BCUT2D eigenvalue weighted by Crippen LogP contribution is -2.17. The number of anilines is 1. The van der Waals surface area contributed by atoms with Crippen LogP contribution in [0.1, 0.15) is 34.7 Å². The van der Waals surface area contributed by atoms with E-state index >= 15 is 0 Å². The number of carbonyl (C=O) groups is 1. The number of fused-ring (bicyclic) bond motifs is 1. The van der Waals surface area contributed by atoms with E-state index in [1.807, 2.05) is 69.3 Å². The molecule has 0 bridgehead atoms. The molecule has 2 N–H and O–H groups in total. The first kappa shape index (κ1) is 22.9. The highest BCUT2D eigenvalue weighted by molar-refractivity contribution is 8.00. The first-order valence-electron chi connectivity index (χ1n) is 11.3. The fraction of sp³-hybridized carbons (Fsp3) is 0.231. The summed E-state index contributed by atoms with van der Waals surface area (Å²) in [6.45, 7) is 6.11. The molecule has 1 amide bonds. The number of aromatic nitrogens is 4. The van der Waals surface area contributed by atoms with Crippen LogP contribution in [-0.2, 0) is 4.79 Å². The molecule has 0 saturated heterocycles. The van der Waals surface area contributed by atoms with Gasteiger partial charge in [0.1, 0.15) is 5.82 Å². The van der Waals surface area contributed by atoms with Crippen LogP contribution in [-0.4, -0.2) is 43.1 Å². The van der Waals surface area contributed by atoms with Gasteiger partial charge in [-0.25, -0.2) is 9.97 Å². The van der Waals surface area contributed by atoms with Crippen molar-refractivity contribution in [1.82, 2.24) is 19.7 Å². The van der Waals surface area contributed by atoms with Gasteiger partial charge in [-0.05, 0) is 44.5 Å². The lowest BCUT2D eigenvalue weighted by atomic mass is 9.99. The molecule has 8 nitrogen and oxygen atoms in total. The molecule has 9 heteroatoms. The normalized spacial score (nSPS) is 15.3. The molecule has 0 fully saturated rings. The molecule has 0 spiro atoms. The van der Waals surface area contributed by atoms with Gasteiger partial charge >= 0.3 is 0 Å². The van der Waals surface area contributed by atoms with Crippen LogP contribution in [0.4, 0.5) is 5.82 Å². The minimum atomic E-state index is -0.251. The zero-order valence-corrected chi connectivity index (χ0v) is 20.5. The SMILES string of the molecule is CCOc1cc(C2SCC(=O)Nc3c2c(-c2ccccc2)nn3-c2nc(C)cc(C)n2)ccc1O. The van der Waals surface area contributed by atoms with E-state index in [9.17, 15) is 9.90 Å². The third-order valence-electron chi connectivity index (χ3n) is 5.62. The summed E-state index contributed by atoms with van der Waals surface area (Å²) in [5, 5.41) is 18.0. The Kier molecular flexibility index (Phi) is 6.17. The quantitative estimate of drug-likeness (QED) is 0.416. The zero-order valence-electron chi connectivity index (χ0n) is 19.6. The maximum absolute atomic E-state index is 12.8. The highest BCUT2D eigenvalue weighted by Crippen LogP contribution is 2.47. The second kappa shape index (κ2) is 9.42. The number of aryl methyl sites for hydroxylation is 2. The molecule has 178 valence electrons. The van der Waals surface area contributed by atoms with Crippen LogP contribution in [0.3, 0.4) is 0 Å². The summed E-state index contributed by atoms with van der Waals surface area (Å²) >= 11 is 1.50. The van der Waals surface area contributed by atoms with Crippen molar-refractivity contribution in [2.24, 2.45) is 0 Å². The van der Waals surface area contributed by atoms with Crippen molar-refractivity contribution in [1.29, 1.82) is 0 Å². The largest absolute Gasteiger partial charge is 0.504 e. The van der Waals surface area contributed by atoms with Crippen molar-refractivity contribution >= 4 is 23.5 Å². The molecule has 0 radical (unpaired) electrons. The summed E-state index contributed by atoms with van der Waals surface area (Å²) in [6, 6.07) is 17.1. The highest BCUT2D eigenvalue weighted by Gasteiger charge is 2.33. The number of nitrogens with zero attached hydrogens (tertiary/aromatic N) is 4. The number of benzene rings is 2. The van der Waals surface area contributed by atoms with E-state index in [4.69, 9.17) is 9.84 Å². The molecule has 4 aromatic rings. The number of ether oxygens (including phenoxy) is 1. The first-order chi connectivity index (χ1) is 16.9. The van der Waals surface area contributed by atoms with E-state index in [-0.39, 0.29) is 22.7 Å². The molecule has 1 atom stereocenters. The van der Waals surface area contributed by atoms with E-state index in [1.165, 1.54) is 11.8 Å². The number of hydrogen-bond acceptors (Lipinski definition) is 7. The van der Waals surface area contributed by atoms with Crippen molar-refractivity contribution in [2.45, 2.75) is 26.0 Å². The number of phenolic OH excluding ortho intramolecular Hbond substituents is 1. The number of rotatable bonds is 5. The lowest BCUT2D eigenvalue weighted by molar-refractivity contribution is -0.113. The van der Waals surface area contributed by atoms with Crippen molar-refractivity contribution in [3.63, 3.8) is 0 Å². The Bertz CT molecular complexity index is 1380. The van der Waals surface area contributed by atoms with Crippen molar-refractivity contribution in [3.05, 3.63) is 77.1 Å². The Morgan fingerprint density at radius 1 is 1.11 bits per heavy atom. The Morgan fingerprint density at radius 3 is 2.57 bits per heavy atom. The fourth-order valence-electron chi connectivity index (χ4n) is 4.19. The Balaban J connectivity index is 1.78. The number of carbonyl (C=O) groups excluding carboxylic acids is 1. The standard InChI is InChI=1S/C26H25N5O3S/c1-4-34-20-13-18(10-11-19(20)32)24-22-23(17-8-6-5-7-9-17)30-31(25(22)29-21(33)14-35-24)26-27-15(2)12-16(3)28-26/h5-13,24,32H,4,14H2,1-3H3,(H,29,33). The second-order valence-corrected chi connectivity index (χ2v) is 9.33. The van der Waals surface area contributed by atoms with E-state index in [0.717, 1.165) is 33.8 Å². The van der Waals surface area contributed by atoms with Gasteiger partial charge in [0.25, 0.3) is 5.95 Å². The molecular weight excluding hydrogens is 462 g/mol. The molecule has 1 unspecified atom stereocenters. The minimum absolute atomic E-state index is 0.0752. The summed E-state index contributed by atoms with van der Waals surface area (Å²) < 4.78 is 7.26. The monoisotopic (exact) mass is 487 g/mol. The van der Waals surface area contributed by atoms with Gasteiger partial charge in [-0.15, -0.1) is 11.8 Å². The Morgan fingerprint density at radius 2 is 1.86 bits per heavy atom. The van der Waals surface area contributed by atoms with E-state index in [0.29, 0.717) is 24.1 Å². The predicted molar refractivity (Wildman–Crippen MR) is 136 cm³/mol. The summed E-state index contributed by atoms with van der Waals surface area (Å²) in [4.78, 5) is 22.0. The third kappa shape index (κ3) is 4.46. The van der Waals surface area contributed by atoms with Gasteiger partial charge in [0.15, 0.2) is 11.5 Å². The number of nitrogens with one attached hydrogen (secondary N) is 1.